The Morgan fingerprint density at radius 3 is 2.62 bits per heavy atom. The Morgan fingerprint density at radius 1 is 1.26 bits per heavy atom. The summed E-state index contributed by atoms with van der Waals surface area (Å²) in [5.41, 5.74) is -1.81. The molecule has 0 unspecified atom stereocenters. The van der Waals surface area contributed by atoms with Gasteiger partial charge in [-0.3, -0.25) is 14.4 Å². The zero-order valence-corrected chi connectivity index (χ0v) is 22.2. The number of hydrogen-bond donors (Lipinski definition) is 2. The molecule has 0 heterocycles. The molecule has 6 nitrogen and oxygen atoms in total. The van der Waals surface area contributed by atoms with Crippen molar-refractivity contribution in [1.82, 2.24) is 0 Å². The lowest BCUT2D eigenvalue weighted by atomic mass is 9.46. The van der Waals surface area contributed by atoms with E-state index in [9.17, 15) is 24.6 Å². The quantitative estimate of drug-likeness (QED) is 0.392. The van der Waals surface area contributed by atoms with E-state index in [1.54, 1.807) is 12.2 Å². The van der Waals surface area contributed by atoms with Crippen molar-refractivity contribution in [1.29, 1.82) is 0 Å². The SMILES string of the molecule is CCCCC(=O)O[C@]1(C(=O)CO)[C@@H](C)C[C@H]2[C@@H]3CCC4=CC(=O)C=C[C@]4(C)[C@@]3(Br)[C@@H](O)C[C@@]21C. The van der Waals surface area contributed by atoms with Crippen LogP contribution in [-0.4, -0.2) is 50.4 Å². The number of rotatable bonds is 6. The first-order valence-electron chi connectivity index (χ1n) is 12.6. The van der Waals surface area contributed by atoms with Crippen LogP contribution in [0.5, 0.6) is 0 Å². The average Bonchev–Trinajstić information content (AvgIpc) is 3.00. The molecular formula is C27H37BrO6. The maximum absolute atomic E-state index is 13.4. The van der Waals surface area contributed by atoms with Gasteiger partial charge in [-0.05, 0) is 56.1 Å². The predicted molar refractivity (Wildman–Crippen MR) is 131 cm³/mol. The molecular weight excluding hydrogens is 500 g/mol. The third kappa shape index (κ3) is 3.22. The van der Waals surface area contributed by atoms with Crippen LogP contribution >= 0.6 is 15.9 Å². The summed E-state index contributed by atoms with van der Waals surface area (Å²) < 4.78 is 5.39. The third-order valence-corrected chi connectivity index (χ3v) is 11.7. The molecule has 0 radical (unpaired) electrons. The zero-order chi connectivity index (χ0) is 25.1. The molecule has 4 aliphatic carbocycles. The molecule has 2 N–H and O–H groups in total. The topological polar surface area (TPSA) is 101 Å². The summed E-state index contributed by atoms with van der Waals surface area (Å²) in [6.45, 7) is 7.25. The Balaban J connectivity index is 1.80. The van der Waals surface area contributed by atoms with Gasteiger partial charge in [0.2, 0.25) is 5.78 Å². The van der Waals surface area contributed by atoms with Crippen LogP contribution in [0.25, 0.3) is 0 Å². The molecule has 0 aliphatic heterocycles. The number of allylic oxidation sites excluding steroid dienone is 4. The number of aliphatic hydroxyl groups is 2. The molecule has 34 heavy (non-hydrogen) atoms. The smallest absolute Gasteiger partial charge is 0.306 e. The van der Waals surface area contributed by atoms with Crippen molar-refractivity contribution in [3.8, 4) is 0 Å². The minimum atomic E-state index is -1.47. The van der Waals surface area contributed by atoms with Crippen LogP contribution in [-0.2, 0) is 19.1 Å². The van der Waals surface area contributed by atoms with Crippen molar-refractivity contribution in [2.75, 3.05) is 6.61 Å². The van der Waals surface area contributed by atoms with Gasteiger partial charge in [-0.2, -0.15) is 0 Å². The lowest BCUT2D eigenvalue weighted by Gasteiger charge is -2.64. The van der Waals surface area contributed by atoms with Gasteiger partial charge in [-0.25, -0.2) is 0 Å². The minimum absolute atomic E-state index is 0.00795. The number of alkyl halides is 1. The summed E-state index contributed by atoms with van der Waals surface area (Å²) in [4.78, 5) is 38.4. The first-order valence-corrected chi connectivity index (χ1v) is 13.4. The maximum Gasteiger partial charge on any atom is 0.306 e. The van der Waals surface area contributed by atoms with Gasteiger partial charge in [0.15, 0.2) is 11.4 Å². The fraction of sp³-hybridized carbons (Fsp3) is 0.741. The van der Waals surface area contributed by atoms with Gasteiger partial charge in [-0.1, -0.05) is 61.7 Å². The Kier molecular flexibility index (Phi) is 6.57. The van der Waals surface area contributed by atoms with E-state index in [2.05, 4.69) is 22.9 Å². The lowest BCUT2D eigenvalue weighted by molar-refractivity contribution is -0.202. The molecule has 0 aromatic carbocycles. The Morgan fingerprint density at radius 2 is 1.97 bits per heavy atom. The summed E-state index contributed by atoms with van der Waals surface area (Å²) in [6, 6.07) is 0. The molecule has 3 saturated carbocycles. The molecule has 4 rings (SSSR count). The second-order valence-corrected chi connectivity index (χ2v) is 12.6. The molecule has 188 valence electrons. The van der Waals surface area contributed by atoms with Crippen LogP contribution in [0.4, 0.5) is 0 Å². The largest absolute Gasteiger partial charge is 0.450 e. The van der Waals surface area contributed by atoms with E-state index in [1.165, 1.54) is 0 Å². The highest BCUT2D eigenvalue weighted by Crippen LogP contribution is 2.72. The lowest BCUT2D eigenvalue weighted by Crippen LogP contribution is -2.69. The standard InChI is InChI=1S/C27H37BrO6/c1-5-6-7-23(33)34-27(22(32)15-29)16(2)12-20-19-9-8-17-13-18(30)10-11-24(17,3)26(19,28)21(31)14-25(20,27)4/h10-11,13,16,19-21,29,31H,5-9,12,14-15H2,1-4H3/t16-,19-,20-,21-,24-,25-,26-,27-/m0/s1. The Labute approximate surface area is 210 Å². The summed E-state index contributed by atoms with van der Waals surface area (Å²) >= 11 is 4.02. The van der Waals surface area contributed by atoms with Crippen LogP contribution in [0.3, 0.4) is 0 Å². The highest BCUT2D eigenvalue weighted by Gasteiger charge is 2.76. The van der Waals surface area contributed by atoms with E-state index in [1.807, 2.05) is 26.8 Å². The number of fused-ring (bicyclic) bond motifs is 5. The van der Waals surface area contributed by atoms with Crippen molar-refractivity contribution in [2.45, 2.75) is 88.7 Å². The Bertz CT molecular complexity index is 957. The van der Waals surface area contributed by atoms with Gasteiger partial charge in [0, 0.05) is 23.2 Å². The number of ketones is 2. The minimum Gasteiger partial charge on any atom is -0.450 e. The van der Waals surface area contributed by atoms with Gasteiger partial charge in [0.05, 0.1) is 10.4 Å². The highest BCUT2D eigenvalue weighted by atomic mass is 79.9. The van der Waals surface area contributed by atoms with Crippen molar-refractivity contribution in [3.63, 3.8) is 0 Å². The van der Waals surface area contributed by atoms with Crippen LogP contribution < -0.4 is 0 Å². The van der Waals surface area contributed by atoms with E-state index < -0.39 is 45.2 Å². The van der Waals surface area contributed by atoms with E-state index in [0.717, 1.165) is 24.8 Å². The van der Waals surface area contributed by atoms with Gasteiger partial charge >= 0.3 is 5.97 Å². The molecule has 0 bridgehead atoms. The summed E-state index contributed by atoms with van der Waals surface area (Å²) in [7, 11) is 0. The van der Waals surface area contributed by atoms with Gasteiger partial charge in [0.25, 0.3) is 0 Å². The van der Waals surface area contributed by atoms with Crippen LogP contribution in [0, 0.1) is 28.6 Å². The number of ether oxygens (including phenoxy) is 1. The van der Waals surface area contributed by atoms with Gasteiger partial charge < -0.3 is 14.9 Å². The number of carbonyl (C=O) groups is 3. The van der Waals surface area contributed by atoms with Crippen LogP contribution in [0.15, 0.2) is 23.8 Å². The second-order valence-electron chi connectivity index (χ2n) is 11.3. The molecule has 8 atom stereocenters. The van der Waals surface area contributed by atoms with Crippen LogP contribution in [0.1, 0.15) is 72.6 Å². The van der Waals surface area contributed by atoms with E-state index in [0.29, 0.717) is 12.8 Å². The molecule has 0 aromatic rings. The van der Waals surface area contributed by atoms with Crippen molar-refractivity contribution in [3.05, 3.63) is 23.8 Å². The summed E-state index contributed by atoms with van der Waals surface area (Å²) in [5.74, 6) is -1.23. The van der Waals surface area contributed by atoms with Crippen LogP contribution in [0.2, 0.25) is 0 Å². The number of aliphatic hydroxyl groups excluding tert-OH is 2. The average molecular weight is 537 g/mol. The molecule has 0 spiro atoms. The summed E-state index contributed by atoms with van der Waals surface area (Å²) in [6.07, 6.45) is 8.49. The van der Waals surface area contributed by atoms with Gasteiger partial charge in [-0.15, -0.1) is 0 Å². The predicted octanol–water partition coefficient (Wildman–Crippen LogP) is 4.06. The number of unbranched alkanes of at least 4 members (excludes halogenated alkanes) is 1. The monoisotopic (exact) mass is 536 g/mol. The van der Waals surface area contributed by atoms with Crippen molar-refractivity contribution < 1.29 is 29.3 Å². The first kappa shape index (κ1) is 25.8. The number of esters is 1. The number of carbonyl (C=O) groups excluding carboxylic acids is 3. The number of hydrogen-bond acceptors (Lipinski definition) is 6. The van der Waals surface area contributed by atoms with Crippen molar-refractivity contribution in [2.24, 2.45) is 28.6 Å². The second kappa shape index (κ2) is 8.67. The molecule has 0 amide bonds. The van der Waals surface area contributed by atoms with E-state index >= 15 is 0 Å². The summed E-state index contributed by atoms with van der Waals surface area (Å²) in [5, 5.41) is 21.8. The Hall–Kier alpha value is -1.31. The normalized spacial score (nSPS) is 45.1. The molecule has 0 aromatic heterocycles. The van der Waals surface area contributed by atoms with Gasteiger partial charge in [0.1, 0.15) is 6.61 Å². The van der Waals surface area contributed by atoms with Crippen molar-refractivity contribution >= 4 is 33.5 Å². The van der Waals surface area contributed by atoms with E-state index in [-0.39, 0.29) is 36.4 Å². The number of halogens is 1. The molecule has 7 heteroatoms. The number of Topliss-reactive ketones (excluding diaryl/α,β-unsaturated/α-hetero) is 1. The van der Waals surface area contributed by atoms with E-state index in [4.69, 9.17) is 4.74 Å². The first-order chi connectivity index (χ1) is 15.9. The molecule has 4 aliphatic rings. The highest BCUT2D eigenvalue weighted by molar-refractivity contribution is 9.10. The fourth-order valence-electron chi connectivity index (χ4n) is 8.07. The maximum atomic E-state index is 13.4. The molecule has 3 fully saturated rings. The fourth-order valence-corrected chi connectivity index (χ4v) is 9.16. The third-order valence-electron chi connectivity index (χ3n) is 9.75. The zero-order valence-electron chi connectivity index (χ0n) is 20.6. The molecule has 0 saturated heterocycles.